The number of ether oxygens (including phenoxy) is 2. The molecule has 134 valence electrons. The lowest BCUT2D eigenvalue weighted by Crippen LogP contribution is -2.36. The topological polar surface area (TPSA) is 117 Å². The van der Waals surface area contributed by atoms with Crippen LogP contribution in [-0.4, -0.2) is 36.5 Å². The lowest BCUT2D eigenvalue weighted by atomic mass is 10.3. The minimum Gasteiger partial charge on any atom is -0.462 e. The van der Waals surface area contributed by atoms with Crippen LogP contribution in [0.4, 0.5) is 5.69 Å². The first-order valence-corrected chi connectivity index (χ1v) is 8.98. The van der Waals surface area contributed by atoms with Gasteiger partial charge in [-0.3, -0.25) is 19.5 Å². The molecule has 0 radical (unpaired) electrons. The van der Waals surface area contributed by atoms with Gasteiger partial charge in [-0.05, 0) is 32.9 Å². The highest BCUT2D eigenvalue weighted by atomic mass is 31.2. The summed E-state index contributed by atoms with van der Waals surface area (Å²) in [5, 5.41) is 13.2. The zero-order valence-electron chi connectivity index (χ0n) is 13.9. The number of non-ortho nitro benzene ring substituents is 1. The van der Waals surface area contributed by atoms with Gasteiger partial charge < -0.3 is 14.0 Å². The largest absolute Gasteiger partial charge is 0.462 e. The van der Waals surface area contributed by atoms with Gasteiger partial charge in [-0.1, -0.05) is 0 Å². The van der Waals surface area contributed by atoms with E-state index in [0.717, 1.165) is 0 Å². The molecule has 0 saturated carbocycles. The molecule has 9 nitrogen and oxygen atoms in total. The number of nitro groups is 1. The van der Waals surface area contributed by atoms with Crippen LogP contribution in [0.3, 0.4) is 0 Å². The van der Waals surface area contributed by atoms with E-state index in [1.807, 2.05) is 0 Å². The normalized spacial score (nSPS) is 14.7. The molecule has 10 heteroatoms. The van der Waals surface area contributed by atoms with E-state index in [1.165, 1.54) is 38.3 Å². The fourth-order valence-corrected chi connectivity index (χ4v) is 3.42. The monoisotopic (exact) mass is 360 g/mol. The molecule has 0 bridgehead atoms. The van der Waals surface area contributed by atoms with Crippen molar-refractivity contribution in [3.63, 3.8) is 0 Å². The van der Waals surface area contributed by atoms with Gasteiger partial charge >= 0.3 is 13.5 Å². The molecule has 0 heterocycles. The van der Waals surface area contributed by atoms with Gasteiger partial charge in [0.05, 0.1) is 11.0 Å². The van der Waals surface area contributed by atoms with Gasteiger partial charge in [0.25, 0.3) is 5.69 Å². The second kappa shape index (κ2) is 8.77. The van der Waals surface area contributed by atoms with Crippen molar-refractivity contribution in [1.29, 1.82) is 0 Å². The number of nitro benzene ring substituents is 1. The number of hydrogen-bond donors (Lipinski definition) is 1. The van der Waals surface area contributed by atoms with Crippen molar-refractivity contribution in [2.45, 2.75) is 32.9 Å². The van der Waals surface area contributed by atoms with E-state index in [1.54, 1.807) is 13.8 Å². The Balaban J connectivity index is 2.85. The van der Waals surface area contributed by atoms with Crippen molar-refractivity contribution in [1.82, 2.24) is 5.09 Å². The first kappa shape index (κ1) is 20.1. The molecule has 0 amide bonds. The van der Waals surface area contributed by atoms with Crippen molar-refractivity contribution in [3.05, 3.63) is 34.4 Å². The lowest BCUT2D eigenvalue weighted by Gasteiger charge is -2.23. The Morgan fingerprint density at radius 1 is 1.29 bits per heavy atom. The maximum Gasteiger partial charge on any atom is 0.342 e. The highest BCUT2D eigenvalue weighted by Crippen LogP contribution is 2.43. The second-order valence-corrected chi connectivity index (χ2v) is 7.32. The minimum atomic E-state index is -3.58. The van der Waals surface area contributed by atoms with Crippen molar-refractivity contribution in [2.24, 2.45) is 0 Å². The first-order valence-electron chi connectivity index (χ1n) is 7.17. The molecule has 1 N–H and O–H groups in total. The van der Waals surface area contributed by atoms with Crippen LogP contribution in [0.2, 0.25) is 0 Å². The van der Waals surface area contributed by atoms with Gasteiger partial charge in [0.1, 0.15) is 18.1 Å². The van der Waals surface area contributed by atoms with Crippen LogP contribution in [0.15, 0.2) is 24.3 Å². The Hall–Kier alpha value is -1.96. The fourth-order valence-electron chi connectivity index (χ4n) is 1.74. The van der Waals surface area contributed by atoms with E-state index < -0.39 is 24.5 Å². The number of esters is 1. The number of carbonyl (C=O) groups is 1. The molecule has 2 atom stereocenters. The average molecular weight is 360 g/mol. The van der Waals surface area contributed by atoms with Crippen molar-refractivity contribution < 1.29 is 28.3 Å². The third-order valence-electron chi connectivity index (χ3n) is 2.70. The van der Waals surface area contributed by atoms with E-state index in [4.69, 9.17) is 14.0 Å². The molecule has 1 rings (SSSR count). The fraction of sp³-hybridized carbons (Fsp3) is 0.500. The zero-order chi connectivity index (χ0) is 18.3. The quantitative estimate of drug-likeness (QED) is 0.309. The summed E-state index contributed by atoms with van der Waals surface area (Å²) in [5.41, 5.74) is -0.120. The summed E-state index contributed by atoms with van der Waals surface area (Å²) in [6.07, 6.45) is -0.595. The third-order valence-corrected chi connectivity index (χ3v) is 4.58. The number of hydrogen-bond acceptors (Lipinski definition) is 7. The van der Waals surface area contributed by atoms with Crippen LogP contribution in [0.1, 0.15) is 20.8 Å². The second-order valence-electron chi connectivity index (χ2n) is 5.27. The summed E-state index contributed by atoms with van der Waals surface area (Å²) in [6, 6.07) is 4.20. The average Bonchev–Trinajstić information content (AvgIpc) is 2.46. The molecule has 0 aliphatic heterocycles. The standard InChI is InChI=1S/C14H21N2O7P/c1-10(2)22-14(17)11(3)15-24(20,9-21-4)23-13-7-5-12(6-8-13)16(18)19/h5-8,10-11H,9H2,1-4H3,(H,15,20)/t11-,24?/m0/s1. The highest BCUT2D eigenvalue weighted by Gasteiger charge is 2.30. The van der Waals surface area contributed by atoms with Gasteiger partial charge in [0.2, 0.25) is 0 Å². The smallest absolute Gasteiger partial charge is 0.342 e. The predicted octanol–water partition coefficient (Wildman–Crippen LogP) is 2.70. The van der Waals surface area contributed by atoms with Crippen molar-refractivity contribution in [2.75, 3.05) is 13.5 Å². The molecule has 0 spiro atoms. The Bertz CT molecular complexity index is 618. The summed E-state index contributed by atoms with van der Waals surface area (Å²) in [7, 11) is -2.24. The van der Waals surface area contributed by atoms with Gasteiger partial charge in [-0.2, -0.15) is 0 Å². The van der Waals surface area contributed by atoms with E-state index in [9.17, 15) is 19.5 Å². The number of nitrogens with one attached hydrogen (secondary N) is 1. The third kappa shape index (κ3) is 6.27. The van der Waals surface area contributed by atoms with Crippen LogP contribution in [0.5, 0.6) is 5.75 Å². The zero-order valence-corrected chi connectivity index (χ0v) is 14.8. The van der Waals surface area contributed by atoms with Crippen LogP contribution >= 0.6 is 7.52 Å². The van der Waals surface area contributed by atoms with Gasteiger partial charge in [-0.25, -0.2) is 5.09 Å². The Kier molecular flexibility index (Phi) is 7.34. The first-order chi connectivity index (χ1) is 11.2. The number of methoxy groups -OCH3 is 1. The SMILES string of the molecule is COCP(=O)(N[C@@H](C)C(=O)OC(C)C)Oc1ccc([N+](=O)[O-])cc1. The molecule has 1 aromatic carbocycles. The molecular weight excluding hydrogens is 339 g/mol. The number of benzene rings is 1. The van der Waals surface area contributed by atoms with Gasteiger partial charge in [0, 0.05) is 19.2 Å². The van der Waals surface area contributed by atoms with E-state index >= 15 is 0 Å². The molecule has 1 aromatic rings. The summed E-state index contributed by atoms with van der Waals surface area (Å²) in [5.74, 6) is -0.425. The van der Waals surface area contributed by atoms with Crippen LogP contribution < -0.4 is 9.61 Å². The molecule has 24 heavy (non-hydrogen) atoms. The summed E-state index contributed by atoms with van der Waals surface area (Å²) in [4.78, 5) is 21.9. The molecule has 0 aliphatic carbocycles. The molecule has 0 aliphatic rings. The molecule has 1 unspecified atom stereocenters. The highest BCUT2D eigenvalue weighted by molar-refractivity contribution is 7.57. The van der Waals surface area contributed by atoms with E-state index in [0.29, 0.717) is 0 Å². The van der Waals surface area contributed by atoms with Crippen molar-refractivity contribution >= 4 is 19.2 Å². The summed E-state index contributed by atoms with van der Waals surface area (Å²) in [6.45, 7) is 4.89. The number of rotatable bonds is 9. The molecular formula is C14H21N2O7P. The Labute approximate surface area is 139 Å². The van der Waals surface area contributed by atoms with Gasteiger partial charge in [0.15, 0.2) is 0 Å². The predicted molar refractivity (Wildman–Crippen MR) is 87.0 cm³/mol. The van der Waals surface area contributed by atoms with Crippen LogP contribution in [0, 0.1) is 10.1 Å². The van der Waals surface area contributed by atoms with Crippen LogP contribution in [0.25, 0.3) is 0 Å². The Morgan fingerprint density at radius 2 is 1.88 bits per heavy atom. The van der Waals surface area contributed by atoms with Gasteiger partial charge in [-0.15, -0.1) is 0 Å². The summed E-state index contributed by atoms with van der Waals surface area (Å²) < 4.78 is 28.1. The number of nitrogens with zero attached hydrogens (tertiary/aromatic N) is 1. The molecule has 0 fully saturated rings. The maximum atomic E-state index is 12.8. The molecule has 0 saturated heterocycles. The number of carbonyl (C=O) groups excluding carboxylic acids is 1. The lowest BCUT2D eigenvalue weighted by molar-refractivity contribution is -0.384. The Morgan fingerprint density at radius 3 is 2.33 bits per heavy atom. The maximum absolute atomic E-state index is 12.8. The minimum absolute atomic E-state index is 0.120. The molecule has 0 aromatic heterocycles. The van der Waals surface area contributed by atoms with E-state index in [2.05, 4.69) is 5.09 Å². The van der Waals surface area contributed by atoms with Crippen molar-refractivity contribution in [3.8, 4) is 5.75 Å². The summed E-state index contributed by atoms with van der Waals surface area (Å²) >= 11 is 0. The van der Waals surface area contributed by atoms with E-state index in [-0.39, 0.29) is 23.9 Å². The van der Waals surface area contributed by atoms with Crippen LogP contribution in [-0.2, 0) is 18.8 Å².